The molecule has 3 unspecified atom stereocenters. The molecule has 15 heavy (non-hydrogen) atoms. The lowest BCUT2D eigenvalue weighted by atomic mass is 10.0. The van der Waals surface area contributed by atoms with Crippen LogP contribution in [0.3, 0.4) is 0 Å². The van der Waals surface area contributed by atoms with Crippen molar-refractivity contribution in [2.24, 2.45) is 5.92 Å². The van der Waals surface area contributed by atoms with E-state index >= 15 is 0 Å². The molecular formula is C11H21NO3. The molecule has 1 fully saturated rings. The van der Waals surface area contributed by atoms with Gasteiger partial charge in [-0.1, -0.05) is 26.2 Å². The Morgan fingerprint density at radius 1 is 1.40 bits per heavy atom. The number of carboxylic acids is 1. The molecule has 1 rings (SSSR count). The molecule has 0 saturated heterocycles. The lowest BCUT2D eigenvalue weighted by Gasteiger charge is -2.22. The average Bonchev–Trinajstić information content (AvgIpc) is 2.39. The third-order valence-corrected chi connectivity index (χ3v) is 3.09. The van der Waals surface area contributed by atoms with E-state index in [4.69, 9.17) is 5.11 Å². The fourth-order valence-electron chi connectivity index (χ4n) is 1.94. The smallest absolute Gasteiger partial charge is 0.307 e. The quantitative estimate of drug-likeness (QED) is 0.612. The van der Waals surface area contributed by atoms with Crippen molar-refractivity contribution in [2.75, 3.05) is 6.54 Å². The molecule has 1 aliphatic rings. The van der Waals surface area contributed by atoms with Gasteiger partial charge in [-0.2, -0.15) is 0 Å². The summed E-state index contributed by atoms with van der Waals surface area (Å²) in [6.07, 6.45) is 4.84. The molecule has 0 aliphatic heterocycles. The van der Waals surface area contributed by atoms with Gasteiger partial charge in [0.2, 0.25) is 0 Å². The Balaban J connectivity index is 2.32. The molecule has 1 saturated carbocycles. The minimum absolute atomic E-state index is 0.0781. The van der Waals surface area contributed by atoms with E-state index in [0.717, 1.165) is 25.7 Å². The van der Waals surface area contributed by atoms with Gasteiger partial charge in [-0.25, -0.2) is 0 Å². The monoisotopic (exact) mass is 215 g/mol. The summed E-state index contributed by atoms with van der Waals surface area (Å²) in [6.45, 7) is 2.12. The Morgan fingerprint density at radius 2 is 2.07 bits per heavy atom. The van der Waals surface area contributed by atoms with Crippen LogP contribution >= 0.6 is 0 Å². The van der Waals surface area contributed by atoms with Gasteiger partial charge < -0.3 is 15.5 Å². The minimum atomic E-state index is -0.786. The minimum Gasteiger partial charge on any atom is -0.481 e. The molecule has 1 aliphatic carbocycles. The number of hydrogen-bond donors (Lipinski definition) is 3. The van der Waals surface area contributed by atoms with Crippen molar-refractivity contribution in [3.05, 3.63) is 0 Å². The van der Waals surface area contributed by atoms with Crippen LogP contribution in [0.25, 0.3) is 0 Å². The molecule has 4 heteroatoms. The highest BCUT2D eigenvalue weighted by Gasteiger charge is 2.22. The summed E-state index contributed by atoms with van der Waals surface area (Å²) in [7, 11) is 0. The van der Waals surface area contributed by atoms with Crippen molar-refractivity contribution in [2.45, 2.75) is 51.2 Å². The summed E-state index contributed by atoms with van der Waals surface area (Å²) in [5.74, 6) is -1.17. The second kappa shape index (κ2) is 6.08. The molecule has 0 heterocycles. The average molecular weight is 215 g/mol. The summed E-state index contributed by atoms with van der Waals surface area (Å²) >= 11 is 0. The van der Waals surface area contributed by atoms with Crippen molar-refractivity contribution >= 4 is 5.97 Å². The third kappa shape index (κ3) is 4.18. The van der Waals surface area contributed by atoms with E-state index < -0.39 is 5.97 Å². The highest BCUT2D eigenvalue weighted by atomic mass is 16.4. The maximum Gasteiger partial charge on any atom is 0.307 e. The lowest BCUT2D eigenvalue weighted by molar-refractivity contribution is -0.141. The summed E-state index contributed by atoms with van der Waals surface area (Å²) in [5.41, 5.74) is 0. The molecule has 4 nitrogen and oxygen atoms in total. The molecule has 0 aromatic heterocycles. The Kier molecular flexibility index (Phi) is 5.05. The van der Waals surface area contributed by atoms with Crippen molar-refractivity contribution in [3.8, 4) is 0 Å². The second-order valence-corrected chi connectivity index (χ2v) is 4.46. The first kappa shape index (κ1) is 12.5. The molecule has 0 radical (unpaired) electrons. The van der Waals surface area contributed by atoms with Gasteiger partial charge in [-0.3, -0.25) is 4.79 Å². The van der Waals surface area contributed by atoms with Crippen molar-refractivity contribution in [1.82, 2.24) is 5.32 Å². The fraction of sp³-hybridized carbons (Fsp3) is 0.909. The number of nitrogens with one attached hydrogen (secondary N) is 1. The second-order valence-electron chi connectivity index (χ2n) is 4.46. The van der Waals surface area contributed by atoms with Gasteiger partial charge >= 0.3 is 5.97 Å². The van der Waals surface area contributed by atoms with Gasteiger partial charge in [0.25, 0.3) is 0 Å². The normalized spacial score (nSPS) is 29.5. The first-order valence-corrected chi connectivity index (χ1v) is 5.75. The number of aliphatic carboxylic acids is 1. The summed E-state index contributed by atoms with van der Waals surface area (Å²) in [4.78, 5) is 10.6. The van der Waals surface area contributed by atoms with Crippen molar-refractivity contribution in [3.63, 3.8) is 0 Å². The van der Waals surface area contributed by atoms with E-state index in [1.165, 1.54) is 6.42 Å². The molecule has 3 atom stereocenters. The molecule has 0 aromatic carbocycles. The fourth-order valence-corrected chi connectivity index (χ4v) is 1.94. The molecular weight excluding hydrogens is 194 g/mol. The number of carboxylic acid groups (broad SMARTS) is 1. The van der Waals surface area contributed by atoms with Crippen LogP contribution in [0.2, 0.25) is 0 Å². The van der Waals surface area contributed by atoms with Crippen LogP contribution < -0.4 is 5.32 Å². The van der Waals surface area contributed by atoms with E-state index in [0.29, 0.717) is 6.54 Å². The highest BCUT2D eigenvalue weighted by molar-refractivity contribution is 5.69. The Morgan fingerprint density at radius 3 is 2.73 bits per heavy atom. The van der Waals surface area contributed by atoms with Gasteiger partial charge in [-0.05, 0) is 12.8 Å². The van der Waals surface area contributed by atoms with E-state index in [1.54, 1.807) is 6.92 Å². The van der Waals surface area contributed by atoms with Crippen LogP contribution in [-0.4, -0.2) is 34.9 Å². The lowest BCUT2D eigenvalue weighted by Crippen LogP contribution is -2.42. The van der Waals surface area contributed by atoms with Crippen molar-refractivity contribution < 1.29 is 15.0 Å². The first-order chi connectivity index (χ1) is 7.11. The highest BCUT2D eigenvalue weighted by Crippen LogP contribution is 2.18. The van der Waals surface area contributed by atoms with Crippen LogP contribution in [0.4, 0.5) is 0 Å². The van der Waals surface area contributed by atoms with E-state index in [9.17, 15) is 9.90 Å². The molecule has 3 N–H and O–H groups in total. The zero-order chi connectivity index (χ0) is 11.3. The Labute approximate surface area is 90.7 Å². The number of aliphatic hydroxyl groups excluding tert-OH is 1. The largest absolute Gasteiger partial charge is 0.481 e. The number of hydrogen-bond acceptors (Lipinski definition) is 3. The molecule has 0 spiro atoms. The zero-order valence-corrected chi connectivity index (χ0v) is 9.28. The summed E-state index contributed by atoms with van der Waals surface area (Å²) in [5, 5.41) is 21.7. The number of carbonyl (C=O) groups is 1. The predicted octanol–water partition coefficient (Wildman–Crippen LogP) is 0.990. The number of rotatable bonds is 4. The van der Waals surface area contributed by atoms with Crippen LogP contribution in [0.1, 0.15) is 39.0 Å². The van der Waals surface area contributed by atoms with E-state index in [2.05, 4.69) is 5.32 Å². The van der Waals surface area contributed by atoms with Crippen LogP contribution in [0.15, 0.2) is 0 Å². The van der Waals surface area contributed by atoms with Gasteiger partial charge in [0, 0.05) is 12.6 Å². The van der Waals surface area contributed by atoms with Gasteiger partial charge in [-0.15, -0.1) is 0 Å². The number of aliphatic hydroxyl groups is 1. The molecule has 0 aromatic rings. The molecule has 0 amide bonds. The van der Waals surface area contributed by atoms with Crippen LogP contribution in [-0.2, 0) is 4.79 Å². The topological polar surface area (TPSA) is 69.6 Å². The van der Waals surface area contributed by atoms with Gasteiger partial charge in [0.05, 0.1) is 12.0 Å². The zero-order valence-electron chi connectivity index (χ0n) is 9.28. The predicted molar refractivity (Wildman–Crippen MR) is 57.7 cm³/mol. The maximum absolute atomic E-state index is 10.6. The van der Waals surface area contributed by atoms with E-state index in [-0.39, 0.29) is 18.1 Å². The summed E-state index contributed by atoms with van der Waals surface area (Å²) < 4.78 is 0. The van der Waals surface area contributed by atoms with E-state index in [1.807, 2.05) is 0 Å². The Hall–Kier alpha value is -0.610. The third-order valence-electron chi connectivity index (χ3n) is 3.09. The standard InChI is InChI=1S/C11H21NO3/c1-8(11(14)15)7-12-9-5-3-2-4-6-10(9)13/h8-10,12-13H,2-7H2,1H3,(H,14,15). The van der Waals surface area contributed by atoms with Crippen LogP contribution in [0.5, 0.6) is 0 Å². The molecule has 0 bridgehead atoms. The first-order valence-electron chi connectivity index (χ1n) is 5.75. The molecule has 88 valence electrons. The Bertz CT molecular complexity index is 208. The maximum atomic E-state index is 10.6. The summed E-state index contributed by atoms with van der Waals surface area (Å²) in [6, 6.07) is 0.0781. The SMILES string of the molecule is CC(CNC1CCCCCC1O)C(=O)O. The van der Waals surface area contributed by atoms with Crippen LogP contribution in [0, 0.1) is 5.92 Å². The van der Waals surface area contributed by atoms with Crippen molar-refractivity contribution in [1.29, 1.82) is 0 Å². The van der Waals surface area contributed by atoms with Gasteiger partial charge in [0.1, 0.15) is 0 Å². The van der Waals surface area contributed by atoms with Gasteiger partial charge in [0.15, 0.2) is 0 Å².